The van der Waals surface area contributed by atoms with E-state index in [-0.39, 0.29) is 12.5 Å². The lowest BCUT2D eigenvalue weighted by Gasteiger charge is -2.50. The molecular formula is C40H72O21. The van der Waals surface area contributed by atoms with Gasteiger partial charge in [-0.15, -0.1) is 0 Å². The van der Waals surface area contributed by atoms with E-state index >= 15 is 0 Å². The van der Waals surface area contributed by atoms with E-state index in [1.807, 2.05) is 0 Å². The van der Waals surface area contributed by atoms with Gasteiger partial charge >= 0.3 is 5.97 Å². The van der Waals surface area contributed by atoms with Crippen molar-refractivity contribution in [2.24, 2.45) is 0 Å². The number of carboxylic acid groups (broad SMARTS) is 1. The van der Waals surface area contributed by atoms with Crippen LogP contribution in [0.4, 0.5) is 0 Å². The molecule has 61 heavy (non-hydrogen) atoms. The van der Waals surface area contributed by atoms with Crippen molar-refractivity contribution in [3.05, 3.63) is 0 Å². The van der Waals surface area contributed by atoms with Crippen LogP contribution in [0.1, 0.15) is 104 Å². The lowest BCUT2D eigenvalue weighted by atomic mass is 9.95. The number of hydrogen-bond donors (Lipinski definition) is 12. The van der Waals surface area contributed by atoms with Gasteiger partial charge in [0.15, 0.2) is 25.2 Å². The summed E-state index contributed by atoms with van der Waals surface area (Å²) >= 11 is 0. The molecule has 4 aliphatic heterocycles. The van der Waals surface area contributed by atoms with E-state index in [1.54, 1.807) is 0 Å². The predicted molar refractivity (Wildman–Crippen MR) is 207 cm³/mol. The van der Waals surface area contributed by atoms with Crippen LogP contribution in [0.3, 0.4) is 0 Å². The monoisotopic (exact) mass is 888 g/mol. The minimum absolute atomic E-state index is 0.155. The predicted octanol–water partition coefficient (Wildman–Crippen LogP) is -2.12. The first-order valence-electron chi connectivity index (χ1n) is 21.8. The van der Waals surface area contributed by atoms with Gasteiger partial charge in [-0.1, -0.05) is 64.7 Å². The van der Waals surface area contributed by atoms with E-state index < -0.39 is 142 Å². The summed E-state index contributed by atoms with van der Waals surface area (Å²) in [7, 11) is 0. The maximum atomic E-state index is 11.5. The highest BCUT2D eigenvalue weighted by Crippen LogP contribution is 2.37. The number of carboxylic acids is 1. The van der Waals surface area contributed by atoms with Crippen molar-refractivity contribution < 1.29 is 104 Å². The van der Waals surface area contributed by atoms with Crippen LogP contribution in [0.25, 0.3) is 0 Å². The van der Waals surface area contributed by atoms with Crippen LogP contribution < -0.4 is 0 Å². The third-order valence-electron chi connectivity index (χ3n) is 12.0. The molecule has 0 aromatic heterocycles. The Bertz CT molecular complexity index is 1250. The summed E-state index contributed by atoms with van der Waals surface area (Å²) < 4.78 is 48.3. The Hall–Kier alpha value is -1.29. The molecule has 0 spiro atoms. The molecule has 21 nitrogen and oxygen atoms in total. The molecule has 0 bridgehead atoms. The average molecular weight is 889 g/mol. The van der Waals surface area contributed by atoms with Gasteiger partial charge in [0.1, 0.15) is 85.5 Å². The van der Waals surface area contributed by atoms with Gasteiger partial charge in [-0.2, -0.15) is 0 Å². The van der Waals surface area contributed by atoms with Crippen LogP contribution in [-0.4, -0.2) is 209 Å². The largest absolute Gasteiger partial charge is 0.481 e. The first kappa shape index (κ1) is 52.3. The molecule has 0 aliphatic carbocycles. The van der Waals surface area contributed by atoms with E-state index in [9.17, 15) is 61.0 Å². The van der Waals surface area contributed by atoms with E-state index in [4.69, 9.17) is 43.0 Å². The molecule has 21 heteroatoms. The number of aliphatic hydroxyl groups excluding tert-OH is 11. The number of ether oxygens (including phenoxy) is 8. The highest BCUT2D eigenvalue weighted by atomic mass is 16.8. The third kappa shape index (κ3) is 14.1. The van der Waals surface area contributed by atoms with Crippen molar-refractivity contribution in [2.75, 3.05) is 13.2 Å². The van der Waals surface area contributed by atoms with Crippen molar-refractivity contribution in [2.45, 2.75) is 233 Å². The molecule has 358 valence electrons. The Labute approximate surface area is 356 Å². The fourth-order valence-electron chi connectivity index (χ4n) is 8.10. The summed E-state index contributed by atoms with van der Waals surface area (Å²) in [4.78, 5) is 10.8. The van der Waals surface area contributed by atoms with Crippen LogP contribution in [0.5, 0.6) is 0 Å². The summed E-state index contributed by atoms with van der Waals surface area (Å²) in [5.41, 5.74) is 0. The first-order chi connectivity index (χ1) is 29.0. The first-order valence-corrected chi connectivity index (χ1v) is 21.8. The highest BCUT2D eigenvalue weighted by Gasteiger charge is 2.56. The van der Waals surface area contributed by atoms with Gasteiger partial charge < -0.3 is 99.2 Å². The topological polar surface area (TPSA) is 334 Å². The lowest BCUT2D eigenvalue weighted by Crippen LogP contribution is -2.68. The smallest absolute Gasteiger partial charge is 0.303 e. The van der Waals surface area contributed by atoms with Gasteiger partial charge in [-0.3, -0.25) is 4.79 Å². The third-order valence-corrected chi connectivity index (χ3v) is 12.0. The lowest BCUT2D eigenvalue weighted by molar-refractivity contribution is -0.409. The summed E-state index contributed by atoms with van der Waals surface area (Å²) in [6, 6.07) is 0. The molecule has 4 rings (SSSR count). The molecule has 21 atom stereocenters. The quantitative estimate of drug-likeness (QED) is 0.0461. The highest BCUT2D eigenvalue weighted by molar-refractivity contribution is 5.66. The van der Waals surface area contributed by atoms with Crippen molar-refractivity contribution in [1.82, 2.24) is 0 Å². The Morgan fingerprint density at radius 1 is 0.492 bits per heavy atom. The SMILES string of the molecule is CCCCCC(CCCCCCCCCC(=O)O)OC1OC(C)C(O)C(O)C1OC1OC(CO)C(O)C(OC2OC(CO)C(O)C(O)C2O)C1OC1OC(C)C(O)C(O)C1O. The minimum Gasteiger partial charge on any atom is -0.481 e. The molecule has 0 radical (unpaired) electrons. The molecule has 4 aliphatic rings. The molecule has 0 amide bonds. The van der Waals surface area contributed by atoms with Crippen molar-refractivity contribution >= 4 is 5.97 Å². The van der Waals surface area contributed by atoms with Crippen molar-refractivity contribution in [3.63, 3.8) is 0 Å². The van der Waals surface area contributed by atoms with Crippen LogP contribution in [-0.2, 0) is 42.7 Å². The molecule has 0 aromatic carbocycles. The van der Waals surface area contributed by atoms with E-state index in [0.29, 0.717) is 19.3 Å². The van der Waals surface area contributed by atoms with Crippen molar-refractivity contribution in [1.29, 1.82) is 0 Å². The van der Waals surface area contributed by atoms with Gasteiger partial charge in [0, 0.05) is 6.42 Å². The fraction of sp³-hybridized carbons (Fsp3) is 0.975. The molecular weight excluding hydrogens is 816 g/mol. The van der Waals surface area contributed by atoms with Crippen LogP contribution in [0.15, 0.2) is 0 Å². The summed E-state index contributed by atoms with van der Waals surface area (Å²) in [6.45, 7) is 3.32. The van der Waals surface area contributed by atoms with Gasteiger partial charge in [-0.05, 0) is 33.1 Å². The maximum absolute atomic E-state index is 11.5. The fourth-order valence-corrected chi connectivity index (χ4v) is 8.10. The molecule has 0 aromatic rings. The number of rotatable bonds is 24. The second-order valence-corrected chi connectivity index (χ2v) is 16.7. The van der Waals surface area contributed by atoms with Crippen LogP contribution in [0, 0.1) is 0 Å². The zero-order chi connectivity index (χ0) is 45.0. The average Bonchev–Trinajstić information content (AvgIpc) is 3.23. The molecule has 4 saturated heterocycles. The second kappa shape index (κ2) is 25.4. The molecule has 4 fully saturated rings. The van der Waals surface area contributed by atoms with Gasteiger partial charge in [-0.25, -0.2) is 0 Å². The Morgan fingerprint density at radius 2 is 0.951 bits per heavy atom. The number of carbonyl (C=O) groups is 1. The standard InChI is InChI=1S/C40H72O21/c1-4-5-11-14-21(15-12-9-7-6-8-10-13-16-24(43)44)56-39-35(31(51)26(46)20(3)55-39)60-40-36(61-37-32(52)29(49)25(45)19(2)54-37)34(28(48)23(18-42)58-40)59-38-33(53)30(50)27(47)22(17-41)57-38/h19-23,25-42,45-53H,4-18H2,1-3H3,(H,43,44). The van der Waals surface area contributed by atoms with E-state index in [2.05, 4.69) is 6.92 Å². The summed E-state index contributed by atoms with van der Waals surface area (Å²) in [5, 5.41) is 127. The van der Waals surface area contributed by atoms with Crippen molar-refractivity contribution in [3.8, 4) is 0 Å². The normalized spacial score (nSPS) is 42.7. The van der Waals surface area contributed by atoms with E-state index in [1.165, 1.54) is 13.8 Å². The summed E-state index contributed by atoms with van der Waals surface area (Å²) in [5.74, 6) is -0.802. The summed E-state index contributed by atoms with van der Waals surface area (Å²) in [6.07, 6.45) is -23.2. The van der Waals surface area contributed by atoms with E-state index in [0.717, 1.165) is 57.8 Å². The molecule has 12 N–H and O–H groups in total. The van der Waals surface area contributed by atoms with Gasteiger partial charge in [0.2, 0.25) is 0 Å². The maximum Gasteiger partial charge on any atom is 0.303 e. The number of hydrogen-bond acceptors (Lipinski definition) is 20. The molecule has 0 saturated carbocycles. The number of aliphatic hydroxyl groups is 11. The molecule has 4 heterocycles. The Balaban J connectivity index is 1.60. The van der Waals surface area contributed by atoms with Crippen LogP contribution in [0.2, 0.25) is 0 Å². The second-order valence-electron chi connectivity index (χ2n) is 16.7. The minimum atomic E-state index is -1.97. The molecule has 21 unspecified atom stereocenters. The van der Waals surface area contributed by atoms with Gasteiger partial charge in [0.25, 0.3) is 0 Å². The Morgan fingerprint density at radius 3 is 1.54 bits per heavy atom. The van der Waals surface area contributed by atoms with Gasteiger partial charge in [0.05, 0.1) is 31.5 Å². The Kier molecular flexibility index (Phi) is 21.8. The zero-order valence-electron chi connectivity index (χ0n) is 35.3. The number of unbranched alkanes of at least 4 members (excludes halogenated alkanes) is 8. The van der Waals surface area contributed by atoms with Crippen LogP contribution >= 0.6 is 0 Å². The number of aliphatic carboxylic acids is 1. The zero-order valence-corrected chi connectivity index (χ0v) is 35.3.